The summed E-state index contributed by atoms with van der Waals surface area (Å²) in [5.74, 6) is 0.378. The Labute approximate surface area is 102 Å². The van der Waals surface area contributed by atoms with Crippen molar-refractivity contribution in [3.05, 3.63) is 18.7 Å². The van der Waals surface area contributed by atoms with E-state index in [0.29, 0.717) is 18.9 Å². The number of amides is 1. The SMILES string of the molecule is CC(C)C(N)CC(=O)NCCCn1ccnc1. The summed E-state index contributed by atoms with van der Waals surface area (Å²) in [6.45, 7) is 5.60. The number of aromatic nitrogens is 2. The van der Waals surface area contributed by atoms with Gasteiger partial charge in [-0.3, -0.25) is 4.79 Å². The Hall–Kier alpha value is -1.36. The average Bonchev–Trinajstić information content (AvgIpc) is 2.77. The molecule has 0 radical (unpaired) electrons. The molecule has 0 spiro atoms. The molecule has 1 atom stereocenters. The Balaban J connectivity index is 2.08. The fourth-order valence-corrected chi connectivity index (χ4v) is 1.43. The molecule has 1 heterocycles. The maximum Gasteiger partial charge on any atom is 0.221 e. The number of carbonyl (C=O) groups is 1. The summed E-state index contributed by atoms with van der Waals surface area (Å²) < 4.78 is 1.99. The summed E-state index contributed by atoms with van der Waals surface area (Å²) in [6, 6.07) is -0.0522. The van der Waals surface area contributed by atoms with Crippen molar-refractivity contribution >= 4 is 5.91 Å². The van der Waals surface area contributed by atoms with Crippen molar-refractivity contribution in [1.82, 2.24) is 14.9 Å². The molecule has 3 N–H and O–H groups in total. The Morgan fingerprint density at radius 1 is 1.53 bits per heavy atom. The normalized spacial score (nSPS) is 12.7. The van der Waals surface area contributed by atoms with Crippen LogP contribution in [0.4, 0.5) is 0 Å². The van der Waals surface area contributed by atoms with Crippen LogP contribution in [0.3, 0.4) is 0 Å². The first-order chi connectivity index (χ1) is 8.09. The number of rotatable bonds is 7. The molecule has 0 aliphatic heterocycles. The van der Waals surface area contributed by atoms with Crippen LogP contribution >= 0.6 is 0 Å². The molecule has 1 aromatic heterocycles. The van der Waals surface area contributed by atoms with Crippen molar-refractivity contribution in [2.24, 2.45) is 11.7 Å². The van der Waals surface area contributed by atoms with E-state index in [4.69, 9.17) is 5.73 Å². The van der Waals surface area contributed by atoms with Gasteiger partial charge in [0.25, 0.3) is 0 Å². The highest BCUT2D eigenvalue weighted by Crippen LogP contribution is 2.02. The first-order valence-corrected chi connectivity index (χ1v) is 6.07. The topological polar surface area (TPSA) is 72.9 Å². The van der Waals surface area contributed by atoms with E-state index in [9.17, 15) is 4.79 Å². The third kappa shape index (κ3) is 5.49. The number of hydrogen-bond acceptors (Lipinski definition) is 3. The number of hydrogen-bond donors (Lipinski definition) is 2. The van der Waals surface area contributed by atoms with E-state index in [0.717, 1.165) is 13.0 Å². The Morgan fingerprint density at radius 2 is 2.29 bits per heavy atom. The highest BCUT2D eigenvalue weighted by Gasteiger charge is 2.12. The van der Waals surface area contributed by atoms with Crippen LogP contribution in [0.25, 0.3) is 0 Å². The van der Waals surface area contributed by atoms with E-state index in [1.54, 1.807) is 12.5 Å². The van der Waals surface area contributed by atoms with E-state index in [2.05, 4.69) is 10.3 Å². The molecule has 0 aromatic carbocycles. The minimum atomic E-state index is -0.0522. The second kappa shape index (κ2) is 7.06. The largest absolute Gasteiger partial charge is 0.356 e. The van der Waals surface area contributed by atoms with Crippen molar-refractivity contribution in [1.29, 1.82) is 0 Å². The molecule has 0 aliphatic carbocycles. The molecule has 1 unspecified atom stereocenters. The lowest BCUT2D eigenvalue weighted by Crippen LogP contribution is -2.35. The third-order valence-corrected chi connectivity index (χ3v) is 2.75. The minimum Gasteiger partial charge on any atom is -0.356 e. The van der Waals surface area contributed by atoms with Gasteiger partial charge in [-0.25, -0.2) is 4.98 Å². The van der Waals surface area contributed by atoms with E-state index in [1.807, 2.05) is 24.6 Å². The summed E-state index contributed by atoms with van der Waals surface area (Å²) in [5, 5.41) is 2.88. The van der Waals surface area contributed by atoms with Crippen LogP contribution in [0.1, 0.15) is 26.7 Å². The molecule has 0 fully saturated rings. The number of aryl methyl sites for hydroxylation is 1. The van der Waals surface area contributed by atoms with Gasteiger partial charge in [0, 0.05) is 37.9 Å². The lowest BCUT2D eigenvalue weighted by molar-refractivity contribution is -0.121. The van der Waals surface area contributed by atoms with Crippen LogP contribution in [0, 0.1) is 5.92 Å². The van der Waals surface area contributed by atoms with Crippen LogP contribution in [-0.4, -0.2) is 28.0 Å². The van der Waals surface area contributed by atoms with Gasteiger partial charge in [-0.05, 0) is 12.3 Å². The van der Waals surface area contributed by atoms with Gasteiger partial charge in [-0.2, -0.15) is 0 Å². The van der Waals surface area contributed by atoms with Crippen molar-refractivity contribution < 1.29 is 4.79 Å². The van der Waals surface area contributed by atoms with Crippen LogP contribution in [0.2, 0.25) is 0 Å². The van der Waals surface area contributed by atoms with Crippen LogP contribution in [0.15, 0.2) is 18.7 Å². The second-order valence-electron chi connectivity index (χ2n) is 4.62. The molecular formula is C12H22N4O. The monoisotopic (exact) mass is 238 g/mol. The van der Waals surface area contributed by atoms with E-state index >= 15 is 0 Å². The first-order valence-electron chi connectivity index (χ1n) is 6.07. The zero-order valence-corrected chi connectivity index (χ0v) is 10.6. The fourth-order valence-electron chi connectivity index (χ4n) is 1.43. The first kappa shape index (κ1) is 13.7. The quantitative estimate of drug-likeness (QED) is 0.689. The van der Waals surface area contributed by atoms with Crippen molar-refractivity contribution in [2.45, 2.75) is 39.3 Å². The van der Waals surface area contributed by atoms with Crippen LogP contribution < -0.4 is 11.1 Å². The Kier molecular flexibility index (Phi) is 5.69. The van der Waals surface area contributed by atoms with Gasteiger partial charge >= 0.3 is 0 Å². The molecule has 5 heteroatoms. The zero-order valence-electron chi connectivity index (χ0n) is 10.6. The van der Waals surface area contributed by atoms with Gasteiger partial charge in [-0.1, -0.05) is 13.8 Å². The number of nitrogens with one attached hydrogen (secondary N) is 1. The summed E-state index contributed by atoms with van der Waals surface area (Å²) in [4.78, 5) is 15.5. The molecule has 96 valence electrons. The standard InChI is InChI=1S/C12H22N4O/c1-10(2)11(13)8-12(17)15-4-3-6-16-7-5-14-9-16/h5,7,9-11H,3-4,6,8,13H2,1-2H3,(H,15,17). The predicted molar refractivity (Wildman–Crippen MR) is 67.3 cm³/mol. The Morgan fingerprint density at radius 3 is 2.88 bits per heavy atom. The Bertz CT molecular complexity index is 321. The van der Waals surface area contributed by atoms with Crippen molar-refractivity contribution in [3.8, 4) is 0 Å². The van der Waals surface area contributed by atoms with Gasteiger partial charge in [0.2, 0.25) is 5.91 Å². The van der Waals surface area contributed by atoms with Crippen molar-refractivity contribution in [3.63, 3.8) is 0 Å². The molecule has 0 saturated heterocycles. The minimum absolute atomic E-state index is 0.0387. The maximum absolute atomic E-state index is 11.5. The van der Waals surface area contributed by atoms with Gasteiger partial charge < -0.3 is 15.6 Å². The smallest absolute Gasteiger partial charge is 0.221 e. The average molecular weight is 238 g/mol. The molecular weight excluding hydrogens is 216 g/mol. The molecule has 1 aromatic rings. The van der Waals surface area contributed by atoms with Gasteiger partial charge in [0.15, 0.2) is 0 Å². The molecule has 1 rings (SSSR count). The van der Waals surface area contributed by atoms with Crippen molar-refractivity contribution in [2.75, 3.05) is 6.54 Å². The van der Waals surface area contributed by atoms with Gasteiger partial charge in [0.1, 0.15) is 0 Å². The number of carbonyl (C=O) groups excluding carboxylic acids is 1. The summed E-state index contributed by atoms with van der Waals surface area (Å²) in [6.07, 6.45) is 6.75. The lowest BCUT2D eigenvalue weighted by Gasteiger charge is -2.14. The lowest BCUT2D eigenvalue weighted by atomic mass is 10.0. The summed E-state index contributed by atoms with van der Waals surface area (Å²) >= 11 is 0. The highest BCUT2D eigenvalue weighted by atomic mass is 16.1. The number of imidazole rings is 1. The van der Waals surface area contributed by atoms with Crippen LogP contribution in [-0.2, 0) is 11.3 Å². The zero-order chi connectivity index (χ0) is 12.7. The van der Waals surface area contributed by atoms with Gasteiger partial charge in [0.05, 0.1) is 6.33 Å². The predicted octanol–water partition coefficient (Wildman–Crippen LogP) is 0.763. The molecule has 0 aliphatic rings. The fraction of sp³-hybridized carbons (Fsp3) is 0.667. The maximum atomic E-state index is 11.5. The third-order valence-electron chi connectivity index (χ3n) is 2.75. The molecule has 0 bridgehead atoms. The molecule has 17 heavy (non-hydrogen) atoms. The number of nitrogens with two attached hydrogens (primary N) is 1. The molecule has 5 nitrogen and oxygen atoms in total. The van der Waals surface area contributed by atoms with E-state index in [1.165, 1.54) is 0 Å². The summed E-state index contributed by atoms with van der Waals surface area (Å²) in [7, 11) is 0. The number of nitrogens with zero attached hydrogens (tertiary/aromatic N) is 2. The summed E-state index contributed by atoms with van der Waals surface area (Å²) in [5.41, 5.74) is 5.83. The highest BCUT2D eigenvalue weighted by molar-refractivity contribution is 5.76. The van der Waals surface area contributed by atoms with E-state index < -0.39 is 0 Å². The van der Waals surface area contributed by atoms with Crippen LogP contribution in [0.5, 0.6) is 0 Å². The van der Waals surface area contributed by atoms with Gasteiger partial charge in [-0.15, -0.1) is 0 Å². The second-order valence-corrected chi connectivity index (χ2v) is 4.62. The van der Waals surface area contributed by atoms with E-state index in [-0.39, 0.29) is 11.9 Å². The molecule has 0 saturated carbocycles. The molecule has 1 amide bonds.